The molecule has 0 fully saturated rings. The van der Waals surface area contributed by atoms with E-state index in [0.29, 0.717) is 28.3 Å². The number of nitriles is 1. The van der Waals surface area contributed by atoms with Crippen molar-refractivity contribution in [2.75, 3.05) is 10.6 Å². The van der Waals surface area contributed by atoms with E-state index in [2.05, 4.69) is 15.6 Å². The number of benzene rings is 2. The number of nitrogens with two attached hydrogens (primary N) is 1. The van der Waals surface area contributed by atoms with Crippen molar-refractivity contribution in [3.05, 3.63) is 83.1 Å². The van der Waals surface area contributed by atoms with Crippen molar-refractivity contribution in [2.24, 2.45) is 5.73 Å². The van der Waals surface area contributed by atoms with Crippen LogP contribution in [0.25, 0.3) is 0 Å². The number of hydrogen-bond acceptors (Lipinski definition) is 5. The predicted octanol–water partition coefficient (Wildman–Crippen LogP) is 3.69. The van der Waals surface area contributed by atoms with Crippen LogP contribution in [0, 0.1) is 23.0 Å². The molecule has 4 N–H and O–H groups in total. The fraction of sp³-hybridized carbons (Fsp3) is 0.0500. The lowest BCUT2D eigenvalue weighted by atomic mass is 10.1. The summed E-state index contributed by atoms with van der Waals surface area (Å²) >= 11 is 0. The van der Waals surface area contributed by atoms with Crippen molar-refractivity contribution < 1.29 is 13.6 Å². The topological polar surface area (TPSA) is 104 Å². The van der Waals surface area contributed by atoms with Gasteiger partial charge in [-0.3, -0.25) is 4.79 Å². The van der Waals surface area contributed by atoms with Crippen molar-refractivity contribution in [1.82, 2.24) is 4.98 Å². The predicted molar refractivity (Wildman–Crippen MR) is 101 cm³/mol. The Kier molecular flexibility index (Phi) is 5.46. The third-order valence-electron chi connectivity index (χ3n) is 3.84. The maximum atomic E-state index is 13.3. The summed E-state index contributed by atoms with van der Waals surface area (Å²) in [5.41, 5.74) is 7.34. The fourth-order valence-electron chi connectivity index (χ4n) is 2.59. The molecular weight excluding hydrogens is 364 g/mol. The Hall–Kier alpha value is -3.99. The van der Waals surface area contributed by atoms with Crippen molar-refractivity contribution in [3.8, 4) is 6.07 Å². The number of carbonyl (C=O) groups excluding carboxylic acids is 1. The van der Waals surface area contributed by atoms with E-state index in [1.54, 1.807) is 30.3 Å². The van der Waals surface area contributed by atoms with Crippen LogP contribution < -0.4 is 16.4 Å². The molecule has 0 aliphatic rings. The van der Waals surface area contributed by atoms with Gasteiger partial charge in [0.05, 0.1) is 22.9 Å². The molecule has 0 aliphatic carbocycles. The molecule has 0 radical (unpaired) electrons. The molecule has 0 saturated heterocycles. The van der Waals surface area contributed by atoms with Crippen LogP contribution in [-0.2, 0) is 6.54 Å². The van der Waals surface area contributed by atoms with Crippen LogP contribution in [0.2, 0.25) is 0 Å². The molecule has 28 heavy (non-hydrogen) atoms. The van der Waals surface area contributed by atoms with E-state index in [1.165, 1.54) is 18.3 Å². The number of nitrogens with one attached hydrogen (secondary N) is 2. The number of amides is 1. The van der Waals surface area contributed by atoms with E-state index in [-0.39, 0.29) is 12.1 Å². The van der Waals surface area contributed by atoms with E-state index in [1.807, 2.05) is 6.07 Å². The highest BCUT2D eigenvalue weighted by Gasteiger charge is 2.11. The van der Waals surface area contributed by atoms with E-state index in [4.69, 9.17) is 11.0 Å². The minimum absolute atomic E-state index is 0.0718. The first kappa shape index (κ1) is 18.8. The maximum Gasteiger partial charge on any atom is 0.252 e. The summed E-state index contributed by atoms with van der Waals surface area (Å²) in [5.74, 6) is -1.69. The summed E-state index contributed by atoms with van der Waals surface area (Å²) in [6.45, 7) is 0.0718. The van der Waals surface area contributed by atoms with Gasteiger partial charge in [0.1, 0.15) is 17.5 Å². The molecule has 1 aromatic heterocycles. The first-order valence-electron chi connectivity index (χ1n) is 8.20. The average molecular weight is 379 g/mol. The van der Waals surface area contributed by atoms with Crippen LogP contribution in [0.4, 0.5) is 26.0 Å². The molecule has 140 valence electrons. The lowest BCUT2D eigenvalue weighted by molar-refractivity contribution is 0.100. The zero-order chi connectivity index (χ0) is 20.1. The third kappa shape index (κ3) is 4.59. The Morgan fingerprint density at radius 3 is 2.57 bits per heavy atom. The van der Waals surface area contributed by atoms with Gasteiger partial charge in [-0.05, 0) is 35.9 Å². The molecule has 3 rings (SSSR count). The molecular formula is C20H15F2N5O. The quantitative estimate of drug-likeness (QED) is 0.606. The Morgan fingerprint density at radius 1 is 1.14 bits per heavy atom. The number of rotatable bonds is 6. The second-order valence-corrected chi connectivity index (χ2v) is 5.93. The molecule has 1 amide bonds. The fourth-order valence-corrected chi connectivity index (χ4v) is 2.59. The van der Waals surface area contributed by atoms with Gasteiger partial charge in [-0.15, -0.1) is 0 Å². The Balaban J connectivity index is 1.85. The molecule has 0 unspecified atom stereocenters. The third-order valence-corrected chi connectivity index (χ3v) is 3.84. The van der Waals surface area contributed by atoms with Crippen LogP contribution in [0.1, 0.15) is 21.5 Å². The smallest absolute Gasteiger partial charge is 0.252 e. The van der Waals surface area contributed by atoms with Crippen LogP contribution >= 0.6 is 0 Å². The molecule has 0 spiro atoms. The second kappa shape index (κ2) is 8.14. The summed E-state index contributed by atoms with van der Waals surface area (Å²) in [5, 5.41) is 15.0. The molecule has 0 atom stereocenters. The number of aromatic nitrogens is 1. The number of hydrogen-bond donors (Lipinski definition) is 3. The molecule has 6 nitrogen and oxygen atoms in total. The Bertz CT molecular complexity index is 1060. The molecule has 8 heteroatoms. The van der Waals surface area contributed by atoms with Crippen molar-refractivity contribution in [1.29, 1.82) is 5.26 Å². The first-order chi connectivity index (χ1) is 13.4. The van der Waals surface area contributed by atoms with E-state index >= 15 is 0 Å². The number of nitrogens with zero attached hydrogens (tertiary/aromatic N) is 2. The molecule has 0 saturated carbocycles. The average Bonchev–Trinajstić information content (AvgIpc) is 2.65. The standard InChI is InChI=1S/C20H15F2N5O/c21-14-4-13(5-15(22)7-14)10-25-18-8-19(26-11-17(18)20(24)28)27-16-3-1-2-12(6-16)9-23/h1-8,11H,10H2,(H2,24,28)(H2,25,26,27). The number of halogens is 2. The van der Waals surface area contributed by atoms with Gasteiger partial charge in [-0.2, -0.15) is 5.26 Å². The minimum atomic E-state index is -0.696. The molecule has 2 aromatic carbocycles. The molecule has 1 heterocycles. The summed E-state index contributed by atoms with van der Waals surface area (Å²) in [7, 11) is 0. The van der Waals surface area contributed by atoms with Crippen molar-refractivity contribution >= 4 is 23.1 Å². The normalized spacial score (nSPS) is 10.2. The van der Waals surface area contributed by atoms with Crippen molar-refractivity contribution in [3.63, 3.8) is 0 Å². The highest BCUT2D eigenvalue weighted by Crippen LogP contribution is 2.23. The summed E-state index contributed by atoms with van der Waals surface area (Å²) in [4.78, 5) is 15.8. The van der Waals surface area contributed by atoms with Gasteiger partial charge in [0, 0.05) is 30.6 Å². The molecule has 3 aromatic rings. The first-order valence-corrected chi connectivity index (χ1v) is 8.20. The Labute approximate surface area is 159 Å². The highest BCUT2D eigenvalue weighted by atomic mass is 19.1. The van der Waals surface area contributed by atoms with Gasteiger partial charge in [0.25, 0.3) is 5.91 Å². The van der Waals surface area contributed by atoms with Crippen molar-refractivity contribution in [2.45, 2.75) is 6.54 Å². The SMILES string of the molecule is N#Cc1cccc(Nc2cc(NCc3cc(F)cc(F)c3)c(C(N)=O)cn2)c1. The van der Waals surface area contributed by atoms with Crippen LogP contribution in [-0.4, -0.2) is 10.9 Å². The van der Waals surface area contributed by atoms with Gasteiger partial charge in [-0.1, -0.05) is 6.07 Å². The zero-order valence-corrected chi connectivity index (χ0v) is 14.5. The Morgan fingerprint density at radius 2 is 1.89 bits per heavy atom. The summed E-state index contributed by atoms with van der Waals surface area (Å²) in [6.07, 6.45) is 1.30. The van der Waals surface area contributed by atoms with Crippen LogP contribution in [0.3, 0.4) is 0 Å². The van der Waals surface area contributed by atoms with E-state index in [0.717, 1.165) is 6.07 Å². The highest BCUT2D eigenvalue weighted by molar-refractivity contribution is 5.98. The van der Waals surface area contributed by atoms with Crippen LogP contribution in [0.5, 0.6) is 0 Å². The van der Waals surface area contributed by atoms with E-state index in [9.17, 15) is 13.6 Å². The monoisotopic (exact) mass is 379 g/mol. The number of pyridine rings is 1. The summed E-state index contributed by atoms with van der Waals surface area (Å²) in [6, 6.07) is 13.5. The lowest BCUT2D eigenvalue weighted by Gasteiger charge is -2.13. The minimum Gasteiger partial charge on any atom is -0.380 e. The largest absolute Gasteiger partial charge is 0.380 e. The van der Waals surface area contributed by atoms with Gasteiger partial charge in [0.2, 0.25) is 0 Å². The zero-order valence-electron chi connectivity index (χ0n) is 14.5. The second-order valence-electron chi connectivity index (χ2n) is 5.93. The lowest BCUT2D eigenvalue weighted by Crippen LogP contribution is -2.15. The summed E-state index contributed by atoms with van der Waals surface area (Å²) < 4.78 is 26.7. The number of carbonyl (C=O) groups is 1. The number of anilines is 3. The van der Waals surface area contributed by atoms with E-state index < -0.39 is 17.5 Å². The molecule has 0 bridgehead atoms. The van der Waals surface area contributed by atoms with Gasteiger partial charge >= 0.3 is 0 Å². The number of primary amides is 1. The van der Waals surface area contributed by atoms with Gasteiger partial charge < -0.3 is 16.4 Å². The van der Waals surface area contributed by atoms with Gasteiger partial charge in [-0.25, -0.2) is 13.8 Å². The molecule has 0 aliphatic heterocycles. The van der Waals surface area contributed by atoms with Crippen LogP contribution in [0.15, 0.2) is 54.7 Å². The maximum absolute atomic E-state index is 13.3. The van der Waals surface area contributed by atoms with Gasteiger partial charge in [0.15, 0.2) is 0 Å².